The Morgan fingerprint density at radius 3 is 2.48 bits per heavy atom. The van der Waals surface area contributed by atoms with Gasteiger partial charge >= 0.3 is 12.1 Å². The third-order valence-electron chi connectivity index (χ3n) is 3.43. The average Bonchev–Trinajstić information content (AvgIpc) is 3.09. The van der Waals surface area contributed by atoms with Crippen LogP contribution in [0.3, 0.4) is 0 Å². The Hall–Kier alpha value is -3.07. The second kappa shape index (κ2) is 9.92. The zero-order valence-corrected chi connectivity index (χ0v) is 17.3. The number of ether oxygens (including phenoxy) is 2. The molecule has 0 aliphatic carbocycles. The maximum absolute atomic E-state index is 12.5. The van der Waals surface area contributed by atoms with Crippen molar-refractivity contribution in [2.24, 2.45) is 0 Å². The second-order valence-corrected chi connectivity index (χ2v) is 8.13. The summed E-state index contributed by atoms with van der Waals surface area (Å²) in [6, 6.07) is 9.73. The summed E-state index contributed by atoms with van der Waals surface area (Å²) in [4.78, 5) is 35.2. The first kappa shape index (κ1) is 22.2. The number of para-hydroxylation sites is 1. The van der Waals surface area contributed by atoms with Crippen molar-refractivity contribution in [1.29, 1.82) is 0 Å². The van der Waals surface area contributed by atoms with Crippen LogP contribution in [0.25, 0.3) is 0 Å². The predicted molar refractivity (Wildman–Crippen MR) is 110 cm³/mol. The fourth-order valence-corrected chi connectivity index (χ4v) is 2.98. The van der Waals surface area contributed by atoms with Crippen LogP contribution in [-0.4, -0.2) is 41.8 Å². The standard InChI is InChI=1S/C20H24N2O6S/c1-20(2,3)28-19(26)21-11-6-12-27-14-8-5-4-7-13(14)17(23)22-16-10-9-15(29-16)18(24)25/h4-5,7-10H,6,11-12H2,1-3H3,(H,21,26)(H,22,23)(H,24,25). The first-order valence-corrected chi connectivity index (χ1v) is 9.80. The van der Waals surface area contributed by atoms with Crippen LogP contribution in [0.5, 0.6) is 5.75 Å². The van der Waals surface area contributed by atoms with Crippen LogP contribution in [-0.2, 0) is 4.74 Å². The molecule has 0 aliphatic rings. The molecular weight excluding hydrogens is 396 g/mol. The number of hydrogen-bond acceptors (Lipinski definition) is 6. The SMILES string of the molecule is CC(C)(C)OC(=O)NCCCOc1ccccc1C(=O)Nc1ccc(C(=O)O)s1. The van der Waals surface area contributed by atoms with Gasteiger partial charge in [-0.05, 0) is 51.5 Å². The minimum absolute atomic E-state index is 0.141. The first-order valence-electron chi connectivity index (χ1n) is 8.99. The lowest BCUT2D eigenvalue weighted by atomic mass is 10.2. The molecule has 2 rings (SSSR count). The highest BCUT2D eigenvalue weighted by atomic mass is 32.1. The molecule has 0 bridgehead atoms. The van der Waals surface area contributed by atoms with E-state index >= 15 is 0 Å². The topological polar surface area (TPSA) is 114 Å². The molecule has 0 radical (unpaired) electrons. The van der Waals surface area contributed by atoms with Gasteiger partial charge in [0, 0.05) is 6.54 Å². The number of hydrogen-bond donors (Lipinski definition) is 3. The highest BCUT2D eigenvalue weighted by Gasteiger charge is 2.16. The summed E-state index contributed by atoms with van der Waals surface area (Å²) in [7, 11) is 0. The normalized spacial score (nSPS) is 10.9. The summed E-state index contributed by atoms with van der Waals surface area (Å²) in [5.41, 5.74) is -0.224. The van der Waals surface area contributed by atoms with Gasteiger partial charge in [-0.1, -0.05) is 12.1 Å². The van der Waals surface area contributed by atoms with Crippen molar-refractivity contribution in [3.8, 4) is 5.75 Å². The number of benzene rings is 1. The number of thiophene rings is 1. The van der Waals surface area contributed by atoms with E-state index in [4.69, 9.17) is 14.6 Å². The Kier molecular flexibility index (Phi) is 7.60. The summed E-state index contributed by atoms with van der Waals surface area (Å²) in [6.07, 6.45) is 0.0381. The number of carboxylic acid groups (broad SMARTS) is 1. The summed E-state index contributed by atoms with van der Waals surface area (Å²) < 4.78 is 10.8. The molecular formula is C20H24N2O6S. The number of carbonyl (C=O) groups excluding carboxylic acids is 2. The average molecular weight is 420 g/mol. The van der Waals surface area contributed by atoms with Gasteiger partial charge in [0.05, 0.1) is 17.2 Å². The Labute approximate surface area is 172 Å². The van der Waals surface area contributed by atoms with Crippen molar-refractivity contribution in [2.45, 2.75) is 32.8 Å². The summed E-state index contributed by atoms with van der Waals surface area (Å²) in [5.74, 6) is -1.04. The molecule has 29 heavy (non-hydrogen) atoms. The molecule has 0 fully saturated rings. The third-order valence-corrected chi connectivity index (χ3v) is 4.42. The van der Waals surface area contributed by atoms with Crippen LogP contribution in [0.2, 0.25) is 0 Å². The highest BCUT2D eigenvalue weighted by Crippen LogP contribution is 2.24. The van der Waals surface area contributed by atoms with Gasteiger partial charge in [0.1, 0.15) is 16.2 Å². The van der Waals surface area contributed by atoms with Crippen molar-refractivity contribution in [3.63, 3.8) is 0 Å². The van der Waals surface area contributed by atoms with Crippen molar-refractivity contribution in [2.75, 3.05) is 18.5 Å². The van der Waals surface area contributed by atoms with Gasteiger partial charge in [-0.25, -0.2) is 9.59 Å². The zero-order valence-electron chi connectivity index (χ0n) is 16.5. The van der Waals surface area contributed by atoms with Gasteiger partial charge in [0.2, 0.25) is 0 Å². The number of rotatable bonds is 8. The molecule has 3 N–H and O–H groups in total. The third kappa shape index (κ3) is 7.46. The lowest BCUT2D eigenvalue weighted by molar-refractivity contribution is 0.0524. The van der Waals surface area contributed by atoms with Crippen molar-refractivity contribution < 1.29 is 29.0 Å². The number of carboxylic acids is 1. The van der Waals surface area contributed by atoms with E-state index in [0.29, 0.717) is 35.9 Å². The molecule has 1 aromatic carbocycles. The largest absolute Gasteiger partial charge is 0.493 e. The van der Waals surface area contributed by atoms with E-state index in [-0.39, 0.29) is 4.88 Å². The lowest BCUT2D eigenvalue weighted by Crippen LogP contribution is -2.33. The fourth-order valence-electron chi connectivity index (χ4n) is 2.24. The van der Waals surface area contributed by atoms with Crippen LogP contribution >= 0.6 is 11.3 Å². The van der Waals surface area contributed by atoms with Crippen LogP contribution in [0, 0.1) is 0 Å². The molecule has 0 unspecified atom stereocenters. The Balaban J connectivity index is 1.85. The summed E-state index contributed by atoms with van der Waals surface area (Å²) >= 11 is 0.976. The Bertz CT molecular complexity index is 872. The molecule has 0 spiro atoms. The zero-order chi connectivity index (χ0) is 21.4. The number of amides is 2. The fraction of sp³-hybridized carbons (Fsp3) is 0.350. The number of carbonyl (C=O) groups is 3. The predicted octanol–water partition coefficient (Wildman–Crippen LogP) is 3.99. The minimum Gasteiger partial charge on any atom is -0.493 e. The van der Waals surface area contributed by atoms with E-state index in [2.05, 4.69) is 10.6 Å². The van der Waals surface area contributed by atoms with Crippen LogP contribution < -0.4 is 15.4 Å². The number of alkyl carbamates (subject to hydrolysis) is 1. The van der Waals surface area contributed by atoms with Gasteiger partial charge in [-0.2, -0.15) is 0 Å². The van der Waals surface area contributed by atoms with E-state index in [9.17, 15) is 14.4 Å². The monoisotopic (exact) mass is 420 g/mol. The van der Waals surface area contributed by atoms with E-state index in [1.54, 1.807) is 45.0 Å². The maximum atomic E-state index is 12.5. The van der Waals surface area contributed by atoms with E-state index < -0.39 is 23.6 Å². The van der Waals surface area contributed by atoms with Gasteiger partial charge in [0.25, 0.3) is 5.91 Å². The molecule has 0 aliphatic heterocycles. The van der Waals surface area contributed by atoms with Crippen molar-refractivity contribution in [1.82, 2.24) is 5.32 Å². The molecule has 1 aromatic heterocycles. The molecule has 0 saturated heterocycles. The number of aromatic carboxylic acids is 1. The minimum atomic E-state index is -1.04. The molecule has 8 nitrogen and oxygen atoms in total. The lowest BCUT2D eigenvalue weighted by Gasteiger charge is -2.19. The van der Waals surface area contributed by atoms with Gasteiger partial charge in [0.15, 0.2) is 0 Å². The molecule has 156 valence electrons. The Morgan fingerprint density at radius 1 is 1.10 bits per heavy atom. The van der Waals surface area contributed by atoms with Gasteiger partial charge in [-0.3, -0.25) is 4.79 Å². The van der Waals surface area contributed by atoms with Crippen LogP contribution in [0.1, 0.15) is 47.2 Å². The smallest absolute Gasteiger partial charge is 0.407 e. The molecule has 9 heteroatoms. The van der Waals surface area contributed by atoms with Crippen LogP contribution in [0.15, 0.2) is 36.4 Å². The molecule has 1 heterocycles. The van der Waals surface area contributed by atoms with Crippen molar-refractivity contribution in [3.05, 3.63) is 46.8 Å². The molecule has 0 atom stereocenters. The van der Waals surface area contributed by atoms with Gasteiger partial charge < -0.3 is 25.2 Å². The maximum Gasteiger partial charge on any atom is 0.407 e. The Morgan fingerprint density at radius 2 is 1.83 bits per heavy atom. The first-order chi connectivity index (χ1) is 13.7. The summed E-state index contributed by atoms with van der Waals surface area (Å²) in [6.45, 7) is 6.03. The molecule has 0 saturated carbocycles. The van der Waals surface area contributed by atoms with E-state index in [1.807, 2.05) is 0 Å². The molecule has 2 aromatic rings. The second-order valence-electron chi connectivity index (χ2n) is 7.05. The summed E-state index contributed by atoms with van der Waals surface area (Å²) in [5, 5.41) is 14.7. The highest BCUT2D eigenvalue weighted by molar-refractivity contribution is 7.18. The van der Waals surface area contributed by atoms with Crippen LogP contribution in [0.4, 0.5) is 9.80 Å². The molecule has 2 amide bonds. The number of anilines is 1. The van der Waals surface area contributed by atoms with E-state index in [0.717, 1.165) is 11.3 Å². The quantitative estimate of drug-likeness (QED) is 0.557. The van der Waals surface area contributed by atoms with Gasteiger partial charge in [-0.15, -0.1) is 11.3 Å². The number of nitrogens with one attached hydrogen (secondary N) is 2. The van der Waals surface area contributed by atoms with E-state index in [1.165, 1.54) is 12.1 Å². The van der Waals surface area contributed by atoms with Crippen molar-refractivity contribution >= 4 is 34.3 Å².